The molecule has 0 radical (unpaired) electrons. The van der Waals surface area contributed by atoms with Gasteiger partial charge in [-0.1, -0.05) is 6.07 Å². The minimum atomic E-state index is -3.34. The Hall–Kier alpha value is -1.20. The fraction of sp³-hybridized carbons (Fsp3) is 0.588. The van der Waals surface area contributed by atoms with Crippen LogP contribution in [-0.4, -0.2) is 30.7 Å². The molecule has 0 aliphatic rings. The first kappa shape index (κ1) is 18.8. The summed E-state index contributed by atoms with van der Waals surface area (Å²) < 4.78 is 24.6. The van der Waals surface area contributed by atoms with Crippen molar-refractivity contribution in [3.8, 4) is 0 Å². The van der Waals surface area contributed by atoms with Gasteiger partial charge < -0.3 is 5.11 Å². The number of hydrogen-bond acceptors (Lipinski definition) is 4. The Bertz CT molecular complexity index is 680. The van der Waals surface area contributed by atoms with Gasteiger partial charge in [0, 0.05) is 5.56 Å². The Balaban J connectivity index is 3.18. The van der Waals surface area contributed by atoms with Crippen molar-refractivity contribution in [3.05, 3.63) is 33.9 Å². The first-order valence-electron chi connectivity index (χ1n) is 7.37. The highest BCUT2D eigenvalue weighted by atomic mass is 32.2. The molecule has 0 saturated carbocycles. The van der Waals surface area contributed by atoms with Crippen LogP contribution < -0.4 is 0 Å². The van der Waals surface area contributed by atoms with Crippen molar-refractivity contribution >= 4 is 15.6 Å². The van der Waals surface area contributed by atoms with E-state index in [4.69, 9.17) is 0 Å². The molecule has 0 bridgehead atoms. The lowest BCUT2D eigenvalue weighted by atomic mass is 9.92. The van der Waals surface area contributed by atoms with Gasteiger partial charge in [0.05, 0.1) is 17.1 Å². The fourth-order valence-electron chi connectivity index (χ4n) is 2.69. The summed E-state index contributed by atoms with van der Waals surface area (Å²) in [6.07, 6.45) is 0.193. The molecule has 1 aromatic carbocycles. The van der Waals surface area contributed by atoms with Gasteiger partial charge in [0.2, 0.25) is 0 Å². The topological polar surface area (TPSA) is 71.4 Å². The maximum absolute atomic E-state index is 12.3. The summed E-state index contributed by atoms with van der Waals surface area (Å²) in [7, 11) is -3.34. The van der Waals surface area contributed by atoms with Crippen molar-refractivity contribution in [3.63, 3.8) is 0 Å². The molecule has 0 fully saturated rings. The van der Waals surface area contributed by atoms with Gasteiger partial charge in [-0.15, -0.1) is 0 Å². The first-order chi connectivity index (χ1) is 9.84. The molecule has 0 amide bonds. The van der Waals surface area contributed by atoms with Crippen LogP contribution in [0.5, 0.6) is 0 Å². The lowest BCUT2D eigenvalue weighted by molar-refractivity contribution is 0.0772. The van der Waals surface area contributed by atoms with E-state index in [1.165, 1.54) is 6.92 Å². The number of benzene rings is 1. The zero-order valence-corrected chi connectivity index (χ0v) is 15.1. The molecule has 0 saturated heterocycles. The summed E-state index contributed by atoms with van der Waals surface area (Å²) in [5, 5.41) is 9.70. The molecular weight excluding hydrogens is 300 g/mol. The van der Waals surface area contributed by atoms with Crippen molar-refractivity contribution in [1.29, 1.82) is 0 Å². The van der Waals surface area contributed by atoms with E-state index in [2.05, 4.69) is 0 Å². The molecule has 1 rings (SSSR count). The number of aryl methyl sites for hydroxylation is 2. The zero-order valence-electron chi connectivity index (χ0n) is 14.3. The van der Waals surface area contributed by atoms with Crippen LogP contribution in [0.2, 0.25) is 0 Å². The molecule has 0 aromatic heterocycles. The molecular formula is C17H26O4S. The molecule has 124 valence electrons. The number of ketones is 1. The highest BCUT2D eigenvalue weighted by molar-refractivity contribution is 7.90. The smallest absolute Gasteiger partial charge is 0.160 e. The molecule has 0 atom stereocenters. The number of aliphatic hydroxyl groups is 1. The Morgan fingerprint density at radius 1 is 1.18 bits per heavy atom. The average molecular weight is 326 g/mol. The van der Waals surface area contributed by atoms with E-state index >= 15 is 0 Å². The van der Waals surface area contributed by atoms with Crippen molar-refractivity contribution in [1.82, 2.24) is 0 Å². The highest BCUT2D eigenvalue weighted by Gasteiger charge is 2.22. The zero-order chi connectivity index (χ0) is 17.3. The summed E-state index contributed by atoms with van der Waals surface area (Å²) >= 11 is 0. The van der Waals surface area contributed by atoms with Crippen LogP contribution in [0.1, 0.15) is 59.8 Å². The number of hydrogen-bond donors (Lipinski definition) is 1. The summed E-state index contributed by atoms with van der Waals surface area (Å²) in [6, 6.07) is 1.87. The number of carbonyl (C=O) groups excluding carboxylic acids is 1. The molecule has 0 aliphatic carbocycles. The number of rotatable bonds is 6. The normalized spacial score (nSPS) is 12.5. The Morgan fingerprint density at radius 3 is 2.18 bits per heavy atom. The largest absolute Gasteiger partial charge is 0.390 e. The Morgan fingerprint density at radius 2 is 1.73 bits per heavy atom. The van der Waals surface area contributed by atoms with Crippen molar-refractivity contribution < 1.29 is 18.3 Å². The summed E-state index contributed by atoms with van der Waals surface area (Å²) in [6.45, 7) is 10.2. The highest BCUT2D eigenvalue weighted by Crippen LogP contribution is 2.25. The minimum absolute atomic E-state index is 0.0508. The number of Topliss-reactive ketones (excluding diaryl/α,β-unsaturated/α-hetero) is 1. The Labute approximate surface area is 133 Å². The van der Waals surface area contributed by atoms with Gasteiger partial charge in [-0.25, -0.2) is 8.42 Å². The van der Waals surface area contributed by atoms with E-state index in [1.807, 2.05) is 19.9 Å². The molecule has 1 N–H and O–H groups in total. The van der Waals surface area contributed by atoms with Crippen LogP contribution in [-0.2, 0) is 15.6 Å². The van der Waals surface area contributed by atoms with Gasteiger partial charge in [0.25, 0.3) is 0 Å². The van der Waals surface area contributed by atoms with Gasteiger partial charge in [-0.3, -0.25) is 4.79 Å². The minimum Gasteiger partial charge on any atom is -0.390 e. The third-order valence-corrected chi connectivity index (χ3v) is 5.43. The standard InChI is InChI=1S/C17H26O4S/c1-11-9-12(2)16(14(4)18)13(3)15(11)10-22(20,21)8-7-17(5,6)19/h9,19H,7-8,10H2,1-6H3. The van der Waals surface area contributed by atoms with Crippen molar-refractivity contribution in [2.24, 2.45) is 0 Å². The Kier molecular flexibility index (Phi) is 5.57. The van der Waals surface area contributed by atoms with Crippen LogP contribution in [0.3, 0.4) is 0 Å². The summed E-state index contributed by atoms with van der Waals surface area (Å²) in [5.74, 6) is -0.217. The lowest BCUT2D eigenvalue weighted by Crippen LogP contribution is -2.24. The molecule has 4 nitrogen and oxygen atoms in total. The van der Waals surface area contributed by atoms with E-state index in [-0.39, 0.29) is 23.7 Å². The van der Waals surface area contributed by atoms with Crippen molar-refractivity contribution in [2.45, 2.75) is 59.3 Å². The van der Waals surface area contributed by atoms with Crippen LogP contribution in [0.4, 0.5) is 0 Å². The van der Waals surface area contributed by atoms with Gasteiger partial charge in [-0.05, 0) is 70.2 Å². The molecule has 5 heteroatoms. The molecule has 0 heterocycles. The molecule has 0 spiro atoms. The number of carbonyl (C=O) groups is 1. The fourth-order valence-corrected chi connectivity index (χ4v) is 4.53. The summed E-state index contributed by atoms with van der Waals surface area (Å²) in [4.78, 5) is 11.8. The van der Waals surface area contributed by atoms with Crippen LogP contribution in [0, 0.1) is 20.8 Å². The van der Waals surface area contributed by atoms with E-state index < -0.39 is 15.4 Å². The average Bonchev–Trinajstić information content (AvgIpc) is 2.31. The predicted octanol–water partition coefficient (Wildman–Crippen LogP) is 2.89. The molecule has 0 unspecified atom stereocenters. The maximum Gasteiger partial charge on any atom is 0.160 e. The SMILES string of the molecule is CC(=O)c1c(C)cc(C)c(CS(=O)(=O)CCC(C)(C)O)c1C. The monoisotopic (exact) mass is 326 g/mol. The van der Waals surface area contributed by atoms with Gasteiger partial charge in [0.15, 0.2) is 15.6 Å². The second kappa shape index (κ2) is 6.50. The van der Waals surface area contributed by atoms with Gasteiger partial charge in [0.1, 0.15) is 0 Å². The lowest BCUT2D eigenvalue weighted by Gasteiger charge is -2.19. The van der Waals surface area contributed by atoms with E-state index in [1.54, 1.807) is 20.8 Å². The van der Waals surface area contributed by atoms with E-state index in [0.29, 0.717) is 11.1 Å². The molecule has 1 aromatic rings. The van der Waals surface area contributed by atoms with Crippen molar-refractivity contribution in [2.75, 3.05) is 5.75 Å². The van der Waals surface area contributed by atoms with Crippen LogP contribution in [0.25, 0.3) is 0 Å². The first-order valence-corrected chi connectivity index (χ1v) is 9.19. The quantitative estimate of drug-likeness (QED) is 0.816. The summed E-state index contributed by atoms with van der Waals surface area (Å²) in [5.41, 5.74) is 2.81. The molecule has 0 aliphatic heterocycles. The van der Waals surface area contributed by atoms with E-state index in [0.717, 1.165) is 16.7 Å². The van der Waals surface area contributed by atoms with Crippen LogP contribution >= 0.6 is 0 Å². The van der Waals surface area contributed by atoms with Crippen LogP contribution in [0.15, 0.2) is 6.07 Å². The van der Waals surface area contributed by atoms with E-state index in [9.17, 15) is 18.3 Å². The number of sulfone groups is 1. The predicted molar refractivity (Wildman–Crippen MR) is 89.1 cm³/mol. The maximum atomic E-state index is 12.3. The second-order valence-electron chi connectivity index (χ2n) is 6.70. The second-order valence-corrected chi connectivity index (χ2v) is 8.88. The van der Waals surface area contributed by atoms with Gasteiger partial charge >= 0.3 is 0 Å². The molecule has 22 heavy (non-hydrogen) atoms. The van der Waals surface area contributed by atoms with Gasteiger partial charge in [-0.2, -0.15) is 0 Å². The third-order valence-electron chi connectivity index (χ3n) is 3.87. The third kappa shape index (κ3) is 4.92.